The molecule has 3 aromatic rings. The fourth-order valence-corrected chi connectivity index (χ4v) is 3.41. The van der Waals surface area contributed by atoms with E-state index in [1.807, 2.05) is 30.3 Å². The number of amides is 1. The first kappa shape index (κ1) is 20.2. The number of aromatic nitrogens is 2. The number of benzene rings is 2. The van der Waals surface area contributed by atoms with Gasteiger partial charge in [0.1, 0.15) is 0 Å². The van der Waals surface area contributed by atoms with E-state index >= 15 is 0 Å². The summed E-state index contributed by atoms with van der Waals surface area (Å²) in [6, 6.07) is 17.3. The van der Waals surface area contributed by atoms with Gasteiger partial charge in [-0.25, -0.2) is 0 Å². The van der Waals surface area contributed by atoms with Crippen molar-refractivity contribution in [1.29, 1.82) is 0 Å². The van der Waals surface area contributed by atoms with E-state index in [4.69, 9.17) is 0 Å². The second-order valence-electron chi connectivity index (χ2n) is 7.22. The molecule has 1 amide bonds. The highest BCUT2D eigenvalue weighted by Gasteiger charge is 2.14. The van der Waals surface area contributed by atoms with Crippen LogP contribution < -0.4 is 10.2 Å². The number of carbonyl (C=O) groups excluding carboxylic acids is 1. The van der Waals surface area contributed by atoms with Crippen molar-refractivity contribution < 1.29 is 9.72 Å². The van der Waals surface area contributed by atoms with Crippen LogP contribution in [0.4, 0.5) is 17.2 Å². The fourth-order valence-electron chi connectivity index (χ4n) is 3.41. The number of nitro benzene ring substituents is 1. The van der Waals surface area contributed by atoms with Gasteiger partial charge in [0, 0.05) is 42.5 Å². The molecule has 0 saturated carbocycles. The Morgan fingerprint density at radius 2 is 1.81 bits per heavy atom. The minimum absolute atomic E-state index is 0.00924. The third-order valence-electron chi connectivity index (χ3n) is 5.04. The van der Waals surface area contributed by atoms with Crippen molar-refractivity contribution in [2.24, 2.45) is 0 Å². The predicted molar refractivity (Wildman–Crippen MR) is 120 cm³/mol. The van der Waals surface area contributed by atoms with Crippen molar-refractivity contribution in [1.82, 2.24) is 10.2 Å². The van der Waals surface area contributed by atoms with E-state index in [9.17, 15) is 14.9 Å². The Morgan fingerprint density at radius 3 is 2.48 bits per heavy atom. The van der Waals surface area contributed by atoms with Gasteiger partial charge in [-0.05, 0) is 60.9 Å². The fraction of sp³-hybridized carbons (Fsp3) is 0.174. The molecule has 0 atom stereocenters. The largest absolute Gasteiger partial charge is 0.355 e. The second kappa shape index (κ2) is 9.17. The first-order valence-corrected chi connectivity index (χ1v) is 10.0. The molecule has 4 rings (SSSR count). The van der Waals surface area contributed by atoms with Gasteiger partial charge in [0.2, 0.25) is 5.91 Å². The van der Waals surface area contributed by atoms with Crippen molar-refractivity contribution in [3.8, 4) is 11.3 Å². The maximum absolute atomic E-state index is 12.3. The summed E-state index contributed by atoms with van der Waals surface area (Å²) in [5.41, 5.74) is 2.94. The molecule has 0 unspecified atom stereocenters. The lowest BCUT2D eigenvalue weighted by Crippen LogP contribution is -2.19. The monoisotopic (exact) mass is 415 g/mol. The zero-order valence-corrected chi connectivity index (χ0v) is 16.8. The molecule has 0 spiro atoms. The summed E-state index contributed by atoms with van der Waals surface area (Å²) < 4.78 is 0. The lowest BCUT2D eigenvalue weighted by Gasteiger charge is -2.15. The van der Waals surface area contributed by atoms with Gasteiger partial charge in [-0.3, -0.25) is 14.9 Å². The van der Waals surface area contributed by atoms with Crippen molar-refractivity contribution in [2.75, 3.05) is 23.3 Å². The number of nitrogens with zero attached hydrogens (tertiary/aromatic N) is 4. The first-order valence-electron chi connectivity index (χ1n) is 10.0. The molecule has 0 radical (unpaired) electrons. The van der Waals surface area contributed by atoms with Crippen LogP contribution in [-0.2, 0) is 4.79 Å². The zero-order chi connectivity index (χ0) is 21.6. The van der Waals surface area contributed by atoms with Gasteiger partial charge in [-0.2, -0.15) is 0 Å². The number of carbonyl (C=O) groups is 1. The van der Waals surface area contributed by atoms with Crippen molar-refractivity contribution in [3.05, 3.63) is 82.4 Å². The molecule has 1 N–H and O–H groups in total. The van der Waals surface area contributed by atoms with Gasteiger partial charge >= 0.3 is 0 Å². The lowest BCUT2D eigenvalue weighted by molar-refractivity contribution is -0.384. The maximum Gasteiger partial charge on any atom is 0.269 e. The van der Waals surface area contributed by atoms with Gasteiger partial charge < -0.3 is 10.2 Å². The predicted octanol–water partition coefficient (Wildman–Crippen LogP) is 4.30. The highest BCUT2D eigenvalue weighted by atomic mass is 16.6. The standard InChI is InChI=1S/C23H21N5O3/c29-23(13-8-17-6-9-20(10-7-17)28(30)31)24-19-5-3-4-18(16-19)21-11-12-22(26-25-21)27-14-1-2-15-27/h3-13,16H,1-2,14-15H2,(H,24,29)/b13-8+. The van der Waals surface area contributed by atoms with Crippen molar-refractivity contribution in [3.63, 3.8) is 0 Å². The first-order chi connectivity index (χ1) is 15.1. The molecule has 2 heterocycles. The Bertz CT molecular complexity index is 1100. The number of non-ortho nitro benzene ring substituents is 1. The molecule has 1 saturated heterocycles. The quantitative estimate of drug-likeness (QED) is 0.366. The average molecular weight is 415 g/mol. The van der Waals surface area contributed by atoms with Gasteiger partial charge in [0.25, 0.3) is 5.69 Å². The van der Waals surface area contributed by atoms with Crippen LogP contribution in [0.25, 0.3) is 17.3 Å². The van der Waals surface area contributed by atoms with E-state index in [1.165, 1.54) is 31.1 Å². The summed E-state index contributed by atoms with van der Waals surface area (Å²) >= 11 is 0. The van der Waals surface area contributed by atoms with E-state index in [0.717, 1.165) is 30.2 Å². The third kappa shape index (κ3) is 5.11. The number of nitrogens with one attached hydrogen (secondary N) is 1. The minimum Gasteiger partial charge on any atom is -0.355 e. The maximum atomic E-state index is 12.3. The van der Waals surface area contributed by atoms with Crippen LogP contribution in [0.1, 0.15) is 18.4 Å². The van der Waals surface area contributed by atoms with Crippen LogP contribution in [0.3, 0.4) is 0 Å². The van der Waals surface area contributed by atoms with Crippen molar-refractivity contribution in [2.45, 2.75) is 12.8 Å². The number of hydrogen-bond donors (Lipinski definition) is 1. The summed E-state index contributed by atoms with van der Waals surface area (Å²) in [6.45, 7) is 2.03. The van der Waals surface area contributed by atoms with E-state index < -0.39 is 4.92 Å². The average Bonchev–Trinajstić information content (AvgIpc) is 3.33. The van der Waals surface area contributed by atoms with Crippen LogP contribution in [0.15, 0.2) is 66.7 Å². The number of anilines is 2. The van der Waals surface area contributed by atoms with Gasteiger partial charge in [0.05, 0.1) is 10.6 Å². The molecule has 31 heavy (non-hydrogen) atoms. The third-order valence-corrected chi connectivity index (χ3v) is 5.04. The highest BCUT2D eigenvalue weighted by molar-refractivity contribution is 6.02. The van der Waals surface area contributed by atoms with Gasteiger partial charge in [0.15, 0.2) is 5.82 Å². The molecule has 8 heteroatoms. The molecular weight excluding hydrogens is 394 g/mol. The van der Waals surface area contributed by atoms with E-state index in [2.05, 4.69) is 20.4 Å². The zero-order valence-electron chi connectivity index (χ0n) is 16.8. The Morgan fingerprint density at radius 1 is 1.03 bits per heavy atom. The summed E-state index contributed by atoms with van der Waals surface area (Å²) in [6.07, 6.45) is 5.36. The summed E-state index contributed by atoms with van der Waals surface area (Å²) in [5.74, 6) is 0.591. The van der Waals surface area contributed by atoms with Crippen LogP contribution in [0, 0.1) is 10.1 Å². The number of nitro groups is 1. The number of rotatable bonds is 6. The summed E-state index contributed by atoms with van der Waals surface area (Å²) in [4.78, 5) is 24.7. The Labute approximate surface area is 179 Å². The molecule has 1 aromatic heterocycles. The van der Waals surface area contributed by atoms with E-state index in [1.54, 1.807) is 24.3 Å². The van der Waals surface area contributed by atoms with Crippen LogP contribution >= 0.6 is 0 Å². The molecule has 0 aliphatic carbocycles. The molecule has 1 aliphatic rings. The van der Waals surface area contributed by atoms with E-state index in [-0.39, 0.29) is 11.6 Å². The van der Waals surface area contributed by atoms with Crippen molar-refractivity contribution >= 4 is 29.2 Å². The molecule has 156 valence electrons. The SMILES string of the molecule is O=C(/C=C/c1ccc([N+](=O)[O-])cc1)Nc1cccc(-c2ccc(N3CCCC3)nn2)c1. The molecule has 1 fully saturated rings. The lowest BCUT2D eigenvalue weighted by atomic mass is 10.1. The van der Waals surface area contributed by atoms with Gasteiger partial charge in [-0.1, -0.05) is 12.1 Å². The smallest absolute Gasteiger partial charge is 0.269 e. The summed E-state index contributed by atoms with van der Waals surface area (Å²) in [5, 5.41) is 22.2. The Balaban J connectivity index is 1.40. The van der Waals surface area contributed by atoms with Gasteiger partial charge in [-0.15, -0.1) is 10.2 Å². The van der Waals surface area contributed by atoms with Crippen LogP contribution in [-0.4, -0.2) is 34.1 Å². The summed E-state index contributed by atoms with van der Waals surface area (Å²) in [7, 11) is 0. The molecule has 2 aromatic carbocycles. The molecule has 0 bridgehead atoms. The highest BCUT2D eigenvalue weighted by Crippen LogP contribution is 2.23. The topological polar surface area (TPSA) is 101 Å². The molecule has 1 aliphatic heterocycles. The molecular formula is C23H21N5O3. The van der Waals surface area contributed by atoms with Crippen LogP contribution in [0.2, 0.25) is 0 Å². The Hall–Kier alpha value is -4.07. The Kier molecular flexibility index (Phi) is 5.98. The van der Waals surface area contributed by atoms with E-state index in [0.29, 0.717) is 11.3 Å². The van der Waals surface area contributed by atoms with Crippen LogP contribution in [0.5, 0.6) is 0 Å². The molecule has 8 nitrogen and oxygen atoms in total. The second-order valence-corrected chi connectivity index (χ2v) is 7.22. The normalized spacial score (nSPS) is 13.5. The minimum atomic E-state index is -0.461. The number of hydrogen-bond acceptors (Lipinski definition) is 6.